The zero-order chi connectivity index (χ0) is 30.9. The van der Waals surface area contributed by atoms with Crippen LogP contribution in [0.25, 0.3) is 0 Å². The third kappa shape index (κ3) is 6.15. The summed E-state index contributed by atoms with van der Waals surface area (Å²) in [6.07, 6.45) is 3.49. The molecule has 0 N–H and O–H groups in total. The Morgan fingerprint density at radius 2 is 1.39 bits per heavy atom. The molecular weight excluding hydrogens is 601 g/mol. The summed E-state index contributed by atoms with van der Waals surface area (Å²) >= 11 is 12.9. The zero-order valence-corrected chi connectivity index (χ0v) is 28.3. The molecule has 44 heavy (non-hydrogen) atoms. The topological polar surface area (TPSA) is 29.5 Å². The van der Waals surface area contributed by atoms with Crippen molar-refractivity contribution < 1.29 is 9.22 Å². The molecule has 1 heterocycles. The summed E-state index contributed by atoms with van der Waals surface area (Å²) < 4.78 is 7.50. The van der Waals surface area contributed by atoms with E-state index in [1.54, 1.807) is 0 Å². The van der Waals surface area contributed by atoms with Crippen LogP contribution >= 0.6 is 23.2 Å². The highest BCUT2D eigenvalue weighted by Crippen LogP contribution is 2.49. The number of hydrogen-bond acceptors (Lipinski definition) is 2. The van der Waals surface area contributed by atoms with Crippen LogP contribution < -0.4 is 10.4 Å². The Labute approximate surface area is 273 Å². The van der Waals surface area contributed by atoms with Crippen LogP contribution in [0.3, 0.4) is 0 Å². The second-order valence-corrected chi connectivity index (χ2v) is 18.6. The van der Waals surface area contributed by atoms with E-state index in [9.17, 15) is 4.79 Å². The molecule has 6 rings (SSSR count). The van der Waals surface area contributed by atoms with Crippen LogP contribution in [0, 0.1) is 5.92 Å². The predicted octanol–water partition coefficient (Wildman–Crippen LogP) is 8.80. The highest BCUT2D eigenvalue weighted by molar-refractivity contribution is 6.99. The summed E-state index contributed by atoms with van der Waals surface area (Å²) in [5, 5.41) is 3.77. The standard InChI is InChI=1S/C38H41Cl2NO2Si/c1-38(2,3)44(32-13-6-4-7-14-32,33-15-8-5-9-16-33)43-26-35(27-17-18-27)41-36(42)24-23-34(29-11-10-12-31(40)25-29)37(41)28-19-21-30(39)22-20-28/h4-16,19-22,25,27,34-35,37H,17-18,23-24,26H2,1-3H3/t34-,35-,37-/m1/s1. The van der Waals surface area contributed by atoms with Crippen molar-refractivity contribution in [3.05, 3.63) is 130 Å². The van der Waals surface area contributed by atoms with Crippen molar-refractivity contribution >= 4 is 47.8 Å². The molecule has 1 aliphatic carbocycles. The SMILES string of the molecule is CC(C)(C)[Si](OC[C@H](C1CC1)N1C(=O)CC[C@H](c2cccc(Cl)c2)[C@H]1c1ccc(Cl)cc1)(c1ccccc1)c1ccccc1. The van der Waals surface area contributed by atoms with Gasteiger partial charge in [0.25, 0.3) is 8.32 Å². The van der Waals surface area contributed by atoms with Crippen molar-refractivity contribution in [1.82, 2.24) is 4.90 Å². The molecule has 0 bridgehead atoms. The third-order valence-electron chi connectivity index (χ3n) is 9.54. The maximum absolute atomic E-state index is 14.2. The minimum atomic E-state index is -2.79. The molecule has 1 saturated carbocycles. The Morgan fingerprint density at radius 1 is 0.773 bits per heavy atom. The molecule has 0 spiro atoms. The Kier molecular flexibility index (Phi) is 9.08. The minimum Gasteiger partial charge on any atom is -0.405 e. The van der Waals surface area contributed by atoms with E-state index in [0.717, 1.165) is 35.4 Å². The van der Waals surface area contributed by atoms with Crippen LogP contribution in [-0.2, 0) is 9.22 Å². The van der Waals surface area contributed by atoms with Crippen LogP contribution in [0.2, 0.25) is 15.1 Å². The normalized spacial score (nSPS) is 20.0. The summed E-state index contributed by atoms with van der Waals surface area (Å²) in [5.74, 6) is 0.720. The van der Waals surface area contributed by atoms with Gasteiger partial charge in [-0.25, -0.2) is 0 Å². The van der Waals surface area contributed by atoms with Crippen LogP contribution in [0.5, 0.6) is 0 Å². The number of rotatable bonds is 9. The molecule has 1 amide bonds. The Balaban J connectivity index is 1.44. The van der Waals surface area contributed by atoms with E-state index < -0.39 is 8.32 Å². The molecule has 3 atom stereocenters. The minimum absolute atomic E-state index is 0.0354. The lowest BCUT2D eigenvalue weighted by Crippen LogP contribution is -2.67. The van der Waals surface area contributed by atoms with Gasteiger partial charge in [-0.15, -0.1) is 0 Å². The van der Waals surface area contributed by atoms with Crippen molar-refractivity contribution in [1.29, 1.82) is 0 Å². The van der Waals surface area contributed by atoms with Gasteiger partial charge in [-0.3, -0.25) is 4.79 Å². The van der Waals surface area contributed by atoms with Gasteiger partial charge in [0.2, 0.25) is 5.91 Å². The fourth-order valence-electron chi connectivity index (χ4n) is 7.34. The first-order valence-electron chi connectivity index (χ1n) is 15.8. The number of hydrogen-bond donors (Lipinski definition) is 0. The van der Waals surface area contributed by atoms with Crippen LogP contribution in [0.1, 0.15) is 69.5 Å². The smallest absolute Gasteiger partial charge is 0.261 e. The van der Waals surface area contributed by atoms with Crippen molar-refractivity contribution in [2.75, 3.05) is 6.61 Å². The van der Waals surface area contributed by atoms with Gasteiger partial charge < -0.3 is 9.33 Å². The number of piperidine rings is 1. The second-order valence-electron chi connectivity index (χ2n) is 13.4. The van der Waals surface area contributed by atoms with E-state index in [0.29, 0.717) is 24.0 Å². The summed E-state index contributed by atoms with van der Waals surface area (Å²) in [7, 11) is -2.79. The number of carbonyl (C=O) groups is 1. The number of carbonyl (C=O) groups excluding carboxylic acids is 1. The van der Waals surface area contributed by atoms with Crippen molar-refractivity contribution in [2.24, 2.45) is 5.92 Å². The first-order chi connectivity index (χ1) is 21.2. The predicted molar refractivity (Wildman–Crippen MR) is 185 cm³/mol. The number of nitrogens with zero attached hydrogens (tertiary/aromatic N) is 1. The summed E-state index contributed by atoms with van der Waals surface area (Å²) in [6, 6.07) is 37.6. The van der Waals surface area contributed by atoms with Crippen molar-refractivity contribution in [3.63, 3.8) is 0 Å². The molecule has 0 aromatic heterocycles. The van der Waals surface area contributed by atoms with E-state index in [1.807, 2.05) is 24.3 Å². The monoisotopic (exact) mass is 641 g/mol. The second kappa shape index (κ2) is 12.8. The Morgan fingerprint density at radius 3 is 1.93 bits per heavy atom. The summed E-state index contributed by atoms with van der Waals surface area (Å²) in [4.78, 5) is 16.4. The highest BCUT2D eigenvalue weighted by Gasteiger charge is 2.52. The first-order valence-corrected chi connectivity index (χ1v) is 18.4. The van der Waals surface area contributed by atoms with Crippen LogP contribution in [-0.4, -0.2) is 31.8 Å². The maximum Gasteiger partial charge on any atom is 0.261 e. The van der Waals surface area contributed by atoms with E-state index in [-0.39, 0.29) is 28.9 Å². The molecule has 2 fully saturated rings. The fraction of sp³-hybridized carbons (Fsp3) is 0.342. The lowest BCUT2D eigenvalue weighted by Gasteiger charge is -2.48. The van der Waals surface area contributed by atoms with Gasteiger partial charge in [0, 0.05) is 22.4 Å². The summed E-state index contributed by atoms with van der Waals surface area (Å²) in [6.45, 7) is 7.42. The molecule has 4 aromatic rings. The van der Waals surface area contributed by atoms with Crippen molar-refractivity contribution in [3.8, 4) is 0 Å². The molecule has 0 radical (unpaired) electrons. The van der Waals surface area contributed by atoms with Crippen molar-refractivity contribution in [2.45, 2.75) is 69.5 Å². The average Bonchev–Trinajstić information content (AvgIpc) is 3.86. The molecule has 3 nitrogen and oxygen atoms in total. The molecule has 0 unspecified atom stereocenters. The van der Waals surface area contributed by atoms with E-state index in [4.69, 9.17) is 27.6 Å². The van der Waals surface area contributed by atoms with Crippen LogP contribution in [0.15, 0.2) is 109 Å². The zero-order valence-electron chi connectivity index (χ0n) is 25.8. The van der Waals surface area contributed by atoms with E-state index in [2.05, 4.69) is 111 Å². The molecular formula is C38H41Cl2NO2Si. The largest absolute Gasteiger partial charge is 0.405 e. The number of halogens is 2. The van der Waals surface area contributed by atoms with Gasteiger partial charge in [0.15, 0.2) is 0 Å². The van der Waals surface area contributed by atoms with Gasteiger partial charge in [-0.05, 0) is 76.0 Å². The molecule has 1 saturated heterocycles. The highest BCUT2D eigenvalue weighted by atomic mass is 35.5. The van der Waals surface area contributed by atoms with Crippen LogP contribution in [0.4, 0.5) is 0 Å². The average molecular weight is 643 g/mol. The number of likely N-dealkylation sites (tertiary alicyclic amines) is 1. The number of benzene rings is 4. The van der Waals surface area contributed by atoms with Gasteiger partial charge in [-0.1, -0.05) is 129 Å². The summed E-state index contributed by atoms with van der Waals surface area (Å²) in [5.41, 5.74) is 2.26. The molecule has 228 valence electrons. The third-order valence-corrected chi connectivity index (χ3v) is 15.0. The van der Waals surface area contributed by atoms with Gasteiger partial charge in [0.1, 0.15) is 0 Å². The maximum atomic E-state index is 14.2. The van der Waals surface area contributed by atoms with E-state index in [1.165, 1.54) is 10.4 Å². The van der Waals surface area contributed by atoms with Gasteiger partial charge in [0.05, 0.1) is 18.7 Å². The molecule has 4 aromatic carbocycles. The quantitative estimate of drug-likeness (QED) is 0.171. The first kappa shape index (κ1) is 31.1. The lowest BCUT2D eigenvalue weighted by molar-refractivity contribution is -0.142. The Hall–Kier alpha value is -2.89. The molecule has 6 heteroatoms. The van der Waals surface area contributed by atoms with Gasteiger partial charge >= 0.3 is 0 Å². The molecule has 1 aliphatic heterocycles. The molecule has 2 aliphatic rings. The van der Waals surface area contributed by atoms with E-state index >= 15 is 0 Å². The fourth-order valence-corrected chi connectivity index (χ4v) is 12.2. The van der Waals surface area contributed by atoms with Gasteiger partial charge in [-0.2, -0.15) is 0 Å². The lowest BCUT2D eigenvalue weighted by atomic mass is 9.79. The number of amides is 1. The Bertz CT molecular complexity index is 1530.